The number of hydrogen-bond acceptors (Lipinski definition) is 3. The Morgan fingerprint density at radius 2 is 1.63 bits per heavy atom. The van der Waals surface area contributed by atoms with Gasteiger partial charge in [-0.15, -0.1) is 0 Å². The minimum Gasteiger partial charge on any atom is -0.345 e. The van der Waals surface area contributed by atoms with Crippen molar-refractivity contribution in [1.29, 1.82) is 0 Å². The third-order valence-electron chi connectivity index (χ3n) is 4.51. The maximum atomic E-state index is 13.1. The molecule has 0 aliphatic carbocycles. The van der Waals surface area contributed by atoms with Crippen LogP contribution >= 0.6 is 11.6 Å². The number of amides is 1. The highest BCUT2D eigenvalue weighted by Crippen LogP contribution is 2.24. The summed E-state index contributed by atoms with van der Waals surface area (Å²) >= 11 is 6.16. The number of aryl methyl sites for hydroxylation is 1. The van der Waals surface area contributed by atoms with Crippen LogP contribution in [0.4, 0.5) is 10.1 Å². The average Bonchev–Trinajstić information content (AvgIpc) is 2.70. The second-order valence-electron chi connectivity index (χ2n) is 6.86. The lowest BCUT2D eigenvalue weighted by molar-refractivity contribution is 0.0940. The molecule has 0 aliphatic rings. The number of carbonyl (C=O) groups excluding carboxylic acids is 1. The lowest BCUT2D eigenvalue weighted by atomic mass is 10.1. The standard InChI is InChI=1S/C22H20ClFN2O3S/c1-14-3-10-19(11-4-14)30(28,29)26-18-9-12-21(23)20(13-18)22(27)25-15(2)16-5-7-17(24)8-6-16/h3-13,15,26H,1-2H3,(H,25,27)/t15-/m1/s1. The summed E-state index contributed by atoms with van der Waals surface area (Å²) in [6.07, 6.45) is 0. The molecule has 0 aromatic heterocycles. The van der Waals surface area contributed by atoms with Gasteiger partial charge in [0.05, 0.1) is 21.5 Å². The van der Waals surface area contributed by atoms with Crippen LogP contribution in [0.3, 0.4) is 0 Å². The van der Waals surface area contributed by atoms with Gasteiger partial charge in [0.25, 0.3) is 15.9 Å². The zero-order valence-corrected chi connectivity index (χ0v) is 17.9. The number of benzene rings is 3. The number of sulfonamides is 1. The SMILES string of the molecule is Cc1ccc(S(=O)(=O)Nc2ccc(Cl)c(C(=O)N[C@H](C)c3ccc(F)cc3)c2)cc1. The van der Waals surface area contributed by atoms with E-state index in [9.17, 15) is 17.6 Å². The summed E-state index contributed by atoms with van der Waals surface area (Å²) in [5.74, 6) is -0.845. The maximum absolute atomic E-state index is 13.1. The Hall–Kier alpha value is -2.90. The van der Waals surface area contributed by atoms with E-state index in [-0.39, 0.29) is 27.0 Å². The molecule has 0 aliphatic heterocycles. The van der Waals surface area contributed by atoms with Gasteiger partial charge in [-0.05, 0) is 61.9 Å². The number of nitrogens with one attached hydrogen (secondary N) is 2. The second kappa shape index (κ2) is 8.85. The molecule has 1 amide bonds. The van der Waals surface area contributed by atoms with Gasteiger partial charge in [0.2, 0.25) is 0 Å². The summed E-state index contributed by atoms with van der Waals surface area (Å²) in [4.78, 5) is 12.8. The van der Waals surface area contributed by atoms with Crippen LogP contribution in [-0.2, 0) is 10.0 Å². The molecule has 3 rings (SSSR count). The molecule has 3 aromatic carbocycles. The first-order valence-electron chi connectivity index (χ1n) is 9.11. The summed E-state index contributed by atoms with van der Waals surface area (Å²) in [6.45, 7) is 3.61. The predicted octanol–water partition coefficient (Wildman–Crippen LogP) is 5.08. The van der Waals surface area contributed by atoms with Crippen molar-refractivity contribution in [2.45, 2.75) is 24.8 Å². The van der Waals surface area contributed by atoms with Crippen molar-refractivity contribution in [3.05, 3.63) is 94.3 Å². The molecule has 0 radical (unpaired) electrons. The van der Waals surface area contributed by atoms with E-state index in [2.05, 4.69) is 10.0 Å². The van der Waals surface area contributed by atoms with Crippen molar-refractivity contribution >= 4 is 33.2 Å². The molecular weight excluding hydrogens is 427 g/mol. The predicted molar refractivity (Wildman–Crippen MR) is 116 cm³/mol. The molecule has 5 nitrogen and oxygen atoms in total. The average molecular weight is 447 g/mol. The van der Waals surface area contributed by atoms with Crippen LogP contribution in [0.2, 0.25) is 5.02 Å². The largest absolute Gasteiger partial charge is 0.345 e. The van der Waals surface area contributed by atoms with E-state index >= 15 is 0 Å². The maximum Gasteiger partial charge on any atom is 0.261 e. The fraction of sp³-hybridized carbons (Fsp3) is 0.136. The van der Waals surface area contributed by atoms with Crippen LogP contribution in [0.25, 0.3) is 0 Å². The number of rotatable bonds is 6. The topological polar surface area (TPSA) is 75.3 Å². The van der Waals surface area contributed by atoms with Gasteiger partial charge >= 0.3 is 0 Å². The van der Waals surface area contributed by atoms with E-state index in [0.717, 1.165) is 11.1 Å². The smallest absolute Gasteiger partial charge is 0.261 e. The fourth-order valence-corrected chi connectivity index (χ4v) is 4.06. The van der Waals surface area contributed by atoms with Crippen LogP contribution in [0, 0.1) is 12.7 Å². The van der Waals surface area contributed by atoms with E-state index < -0.39 is 22.0 Å². The first kappa shape index (κ1) is 21.8. The van der Waals surface area contributed by atoms with E-state index in [0.29, 0.717) is 0 Å². The highest BCUT2D eigenvalue weighted by molar-refractivity contribution is 7.92. The molecule has 156 valence electrons. The molecular formula is C22H20ClFN2O3S. The summed E-state index contributed by atoms with van der Waals surface area (Å²) in [5, 5.41) is 2.96. The van der Waals surface area contributed by atoms with Gasteiger partial charge in [-0.25, -0.2) is 12.8 Å². The lowest BCUT2D eigenvalue weighted by Crippen LogP contribution is -2.27. The number of hydrogen-bond donors (Lipinski definition) is 2. The van der Waals surface area contributed by atoms with Crippen molar-refractivity contribution in [3.8, 4) is 0 Å². The molecule has 0 unspecified atom stereocenters. The van der Waals surface area contributed by atoms with Crippen molar-refractivity contribution < 1.29 is 17.6 Å². The zero-order chi connectivity index (χ0) is 21.9. The Morgan fingerprint density at radius 1 is 1.00 bits per heavy atom. The first-order chi connectivity index (χ1) is 14.2. The van der Waals surface area contributed by atoms with Crippen LogP contribution in [0.1, 0.15) is 34.5 Å². The third-order valence-corrected chi connectivity index (χ3v) is 6.24. The fourth-order valence-electron chi connectivity index (χ4n) is 2.80. The quantitative estimate of drug-likeness (QED) is 0.554. The molecule has 30 heavy (non-hydrogen) atoms. The molecule has 0 bridgehead atoms. The van der Waals surface area contributed by atoms with Gasteiger partial charge in [-0.1, -0.05) is 41.4 Å². The molecule has 0 heterocycles. The Balaban J connectivity index is 1.79. The summed E-state index contributed by atoms with van der Waals surface area (Å²) in [6, 6.07) is 16.1. The zero-order valence-electron chi connectivity index (χ0n) is 16.3. The highest BCUT2D eigenvalue weighted by Gasteiger charge is 2.18. The Morgan fingerprint density at radius 3 is 2.27 bits per heavy atom. The minimum atomic E-state index is -3.82. The van der Waals surface area contributed by atoms with Gasteiger partial charge in [-0.3, -0.25) is 9.52 Å². The van der Waals surface area contributed by atoms with E-state index in [1.165, 1.54) is 42.5 Å². The second-order valence-corrected chi connectivity index (χ2v) is 8.95. The van der Waals surface area contributed by atoms with Crippen molar-refractivity contribution in [2.24, 2.45) is 0 Å². The van der Waals surface area contributed by atoms with Gasteiger partial charge in [0, 0.05) is 5.69 Å². The highest BCUT2D eigenvalue weighted by atomic mass is 35.5. The number of halogens is 2. The molecule has 1 atom stereocenters. The summed E-state index contributed by atoms with van der Waals surface area (Å²) in [5.41, 5.74) is 1.99. The van der Waals surface area contributed by atoms with Crippen LogP contribution in [0.15, 0.2) is 71.6 Å². The minimum absolute atomic E-state index is 0.110. The Bertz CT molecular complexity index is 1160. The lowest BCUT2D eigenvalue weighted by Gasteiger charge is -2.16. The van der Waals surface area contributed by atoms with Gasteiger partial charge < -0.3 is 5.32 Å². The monoisotopic (exact) mass is 446 g/mol. The van der Waals surface area contributed by atoms with E-state index in [1.54, 1.807) is 31.2 Å². The van der Waals surface area contributed by atoms with Crippen LogP contribution < -0.4 is 10.0 Å². The summed E-state index contributed by atoms with van der Waals surface area (Å²) in [7, 11) is -3.82. The van der Waals surface area contributed by atoms with Crippen molar-refractivity contribution in [2.75, 3.05) is 4.72 Å². The third kappa shape index (κ3) is 5.17. The molecule has 3 aromatic rings. The summed E-state index contributed by atoms with van der Waals surface area (Å²) < 4.78 is 40.7. The van der Waals surface area contributed by atoms with Gasteiger partial charge in [0.1, 0.15) is 5.82 Å². The van der Waals surface area contributed by atoms with Crippen molar-refractivity contribution in [1.82, 2.24) is 5.32 Å². The molecule has 8 heteroatoms. The van der Waals surface area contributed by atoms with E-state index in [4.69, 9.17) is 11.6 Å². The van der Waals surface area contributed by atoms with Gasteiger partial charge in [0.15, 0.2) is 0 Å². The molecule has 0 spiro atoms. The number of anilines is 1. The molecule has 0 saturated carbocycles. The molecule has 0 fully saturated rings. The Kier molecular flexibility index (Phi) is 6.43. The first-order valence-corrected chi connectivity index (χ1v) is 11.0. The molecule has 2 N–H and O–H groups in total. The molecule has 0 saturated heterocycles. The van der Waals surface area contributed by atoms with Gasteiger partial charge in [-0.2, -0.15) is 0 Å². The Labute approximate surface area is 179 Å². The van der Waals surface area contributed by atoms with Crippen LogP contribution in [0.5, 0.6) is 0 Å². The van der Waals surface area contributed by atoms with E-state index in [1.807, 2.05) is 6.92 Å². The normalized spacial score (nSPS) is 12.3. The van der Waals surface area contributed by atoms with Crippen LogP contribution in [-0.4, -0.2) is 14.3 Å². The van der Waals surface area contributed by atoms with Crippen molar-refractivity contribution in [3.63, 3.8) is 0 Å². The number of carbonyl (C=O) groups is 1.